The van der Waals surface area contributed by atoms with Crippen LogP contribution in [0, 0.1) is 0 Å². The summed E-state index contributed by atoms with van der Waals surface area (Å²) in [5.74, 6) is 1.01. The molecule has 0 bridgehead atoms. The smallest absolute Gasteiger partial charge is 0.222 e. The van der Waals surface area contributed by atoms with Crippen molar-refractivity contribution >= 4 is 11.9 Å². The van der Waals surface area contributed by atoms with E-state index in [1.807, 2.05) is 11.8 Å². The van der Waals surface area contributed by atoms with Crippen molar-refractivity contribution in [2.45, 2.75) is 51.9 Å². The van der Waals surface area contributed by atoms with E-state index in [1.165, 1.54) is 11.1 Å². The standard InChI is InChI=1S/C22H35N5O2/c1-4-21(28)27-9-8-20(16-27)25-22(23-3)24-13-18-6-5-7-19(12-18)15-26-10-11-29-17(2)14-26/h5-7,12,17,20H,4,8-11,13-16H2,1-3H3,(H2,23,24,25). The highest BCUT2D eigenvalue weighted by Crippen LogP contribution is 2.13. The Kier molecular flexibility index (Phi) is 7.89. The molecule has 0 aromatic heterocycles. The summed E-state index contributed by atoms with van der Waals surface area (Å²) in [5.41, 5.74) is 2.56. The fraction of sp³-hybridized carbons (Fsp3) is 0.636. The number of likely N-dealkylation sites (tertiary alicyclic amines) is 1. The molecular weight excluding hydrogens is 366 g/mol. The highest BCUT2D eigenvalue weighted by Gasteiger charge is 2.25. The zero-order valence-corrected chi connectivity index (χ0v) is 18.0. The third-order valence-corrected chi connectivity index (χ3v) is 5.59. The maximum atomic E-state index is 11.9. The van der Waals surface area contributed by atoms with Crippen LogP contribution >= 0.6 is 0 Å². The van der Waals surface area contributed by atoms with E-state index in [2.05, 4.69) is 51.7 Å². The Hall–Kier alpha value is -2.12. The summed E-state index contributed by atoms with van der Waals surface area (Å²) < 4.78 is 5.63. The van der Waals surface area contributed by atoms with Crippen molar-refractivity contribution < 1.29 is 9.53 Å². The molecule has 7 heteroatoms. The number of hydrogen-bond acceptors (Lipinski definition) is 4. The third kappa shape index (κ3) is 6.44. The molecule has 1 aromatic carbocycles. The Morgan fingerprint density at radius 2 is 2.10 bits per heavy atom. The van der Waals surface area contributed by atoms with Crippen molar-refractivity contribution in [2.75, 3.05) is 39.8 Å². The number of nitrogens with one attached hydrogen (secondary N) is 2. The van der Waals surface area contributed by atoms with E-state index in [1.54, 1.807) is 7.05 Å². The Bertz CT molecular complexity index is 708. The van der Waals surface area contributed by atoms with Gasteiger partial charge in [0.05, 0.1) is 12.7 Å². The van der Waals surface area contributed by atoms with Crippen LogP contribution < -0.4 is 10.6 Å². The molecule has 1 amide bonds. The number of ether oxygens (including phenoxy) is 1. The zero-order valence-electron chi connectivity index (χ0n) is 18.0. The molecule has 2 unspecified atom stereocenters. The van der Waals surface area contributed by atoms with Crippen molar-refractivity contribution in [3.63, 3.8) is 0 Å². The van der Waals surface area contributed by atoms with Crippen LogP contribution in [-0.4, -0.2) is 73.6 Å². The Morgan fingerprint density at radius 3 is 2.86 bits per heavy atom. The average molecular weight is 402 g/mol. The lowest BCUT2D eigenvalue weighted by atomic mass is 10.1. The molecule has 0 aliphatic carbocycles. The van der Waals surface area contributed by atoms with Crippen LogP contribution in [0.2, 0.25) is 0 Å². The van der Waals surface area contributed by atoms with Gasteiger partial charge in [0.2, 0.25) is 5.91 Å². The van der Waals surface area contributed by atoms with Crippen molar-refractivity contribution in [1.29, 1.82) is 0 Å². The van der Waals surface area contributed by atoms with Crippen molar-refractivity contribution in [2.24, 2.45) is 4.99 Å². The summed E-state index contributed by atoms with van der Waals surface area (Å²) in [4.78, 5) is 20.6. The number of carbonyl (C=O) groups excluding carboxylic acids is 1. The Balaban J connectivity index is 1.48. The van der Waals surface area contributed by atoms with E-state index in [9.17, 15) is 4.79 Å². The second kappa shape index (κ2) is 10.6. The summed E-state index contributed by atoms with van der Waals surface area (Å²) >= 11 is 0. The lowest BCUT2D eigenvalue weighted by Gasteiger charge is -2.31. The van der Waals surface area contributed by atoms with Crippen LogP contribution in [0.1, 0.15) is 37.8 Å². The minimum Gasteiger partial charge on any atom is -0.376 e. The van der Waals surface area contributed by atoms with Gasteiger partial charge >= 0.3 is 0 Å². The number of amides is 1. The van der Waals surface area contributed by atoms with Crippen LogP contribution in [0.4, 0.5) is 0 Å². The third-order valence-electron chi connectivity index (χ3n) is 5.59. The molecule has 2 heterocycles. The predicted molar refractivity (Wildman–Crippen MR) is 116 cm³/mol. The minimum absolute atomic E-state index is 0.226. The molecule has 7 nitrogen and oxygen atoms in total. The van der Waals surface area contributed by atoms with E-state index in [0.29, 0.717) is 12.5 Å². The first-order chi connectivity index (χ1) is 14.1. The molecule has 2 N–H and O–H groups in total. The average Bonchev–Trinajstić information content (AvgIpc) is 3.19. The highest BCUT2D eigenvalue weighted by molar-refractivity contribution is 5.80. The van der Waals surface area contributed by atoms with Crippen LogP contribution in [0.25, 0.3) is 0 Å². The van der Waals surface area contributed by atoms with Gasteiger partial charge in [0.15, 0.2) is 5.96 Å². The van der Waals surface area contributed by atoms with Crippen molar-refractivity contribution in [1.82, 2.24) is 20.4 Å². The molecule has 29 heavy (non-hydrogen) atoms. The van der Waals surface area contributed by atoms with Gasteiger partial charge in [-0.2, -0.15) is 0 Å². The van der Waals surface area contributed by atoms with Gasteiger partial charge in [0, 0.05) is 58.8 Å². The quantitative estimate of drug-likeness (QED) is 0.560. The molecule has 2 fully saturated rings. The SMILES string of the molecule is CCC(=O)N1CCC(NC(=NC)NCc2cccc(CN3CCOC(C)C3)c2)C1. The molecule has 0 saturated carbocycles. The number of benzene rings is 1. The first-order valence-electron chi connectivity index (χ1n) is 10.7. The van der Waals surface area contributed by atoms with Crippen LogP contribution in [0.15, 0.2) is 29.3 Å². The fourth-order valence-electron chi connectivity index (χ4n) is 4.03. The van der Waals surface area contributed by atoms with Crippen molar-refractivity contribution in [3.8, 4) is 0 Å². The number of guanidine groups is 1. The fourth-order valence-corrected chi connectivity index (χ4v) is 4.03. The van der Waals surface area contributed by atoms with E-state index in [0.717, 1.165) is 58.3 Å². The molecule has 0 radical (unpaired) electrons. The van der Waals surface area contributed by atoms with Gasteiger partial charge in [-0.05, 0) is 24.5 Å². The number of aliphatic imine (C=N–C) groups is 1. The minimum atomic E-state index is 0.226. The lowest BCUT2D eigenvalue weighted by Crippen LogP contribution is -2.44. The van der Waals surface area contributed by atoms with Crippen molar-refractivity contribution in [3.05, 3.63) is 35.4 Å². The topological polar surface area (TPSA) is 69.2 Å². The maximum absolute atomic E-state index is 11.9. The summed E-state index contributed by atoms with van der Waals surface area (Å²) in [5, 5.41) is 6.86. The van der Waals surface area contributed by atoms with E-state index >= 15 is 0 Å². The van der Waals surface area contributed by atoms with Gasteiger partial charge in [-0.15, -0.1) is 0 Å². The number of carbonyl (C=O) groups is 1. The molecule has 1 aromatic rings. The zero-order chi connectivity index (χ0) is 20.6. The maximum Gasteiger partial charge on any atom is 0.222 e. The summed E-state index contributed by atoms with van der Waals surface area (Å²) in [7, 11) is 1.79. The van der Waals surface area contributed by atoms with Gasteiger partial charge < -0.3 is 20.3 Å². The molecular formula is C22H35N5O2. The van der Waals surface area contributed by atoms with E-state index in [4.69, 9.17) is 4.74 Å². The summed E-state index contributed by atoms with van der Waals surface area (Å²) in [6.45, 7) is 10.1. The van der Waals surface area contributed by atoms with E-state index < -0.39 is 0 Å². The monoisotopic (exact) mass is 401 g/mol. The normalized spacial score (nSPS) is 23.3. The molecule has 0 spiro atoms. The first-order valence-corrected chi connectivity index (χ1v) is 10.7. The van der Waals surface area contributed by atoms with Crippen LogP contribution in [0.3, 0.4) is 0 Å². The summed E-state index contributed by atoms with van der Waals surface area (Å²) in [6.07, 6.45) is 1.83. The molecule has 3 rings (SSSR count). The highest BCUT2D eigenvalue weighted by atomic mass is 16.5. The molecule has 2 atom stereocenters. The van der Waals surface area contributed by atoms with E-state index in [-0.39, 0.29) is 11.9 Å². The van der Waals surface area contributed by atoms with Crippen LogP contribution in [-0.2, 0) is 22.6 Å². The summed E-state index contributed by atoms with van der Waals surface area (Å²) in [6, 6.07) is 8.97. The molecule has 2 saturated heterocycles. The number of rotatable bonds is 6. The number of morpholine rings is 1. The number of hydrogen-bond donors (Lipinski definition) is 2. The Morgan fingerprint density at radius 1 is 1.28 bits per heavy atom. The first kappa shape index (κ1) is 21.6. The molecule has 2 aliphatic rings. The predicted octanol–water partition coefficient (Wildman–Crippen LogP) is 1.58. The second-order valence-corrected chi connectivity index (χ2v) is 7.99. The second-order valence-electron chi connectivity index (χ2n) is 7.99. The van der Waals surface area contributed by atoms with Gasteiger partial charge in [-0.1, -0.05) is 31.2 Å². The largest absolute Gasteiger partial charge is 0.376 e. The lowest BCUT2D eigenvalue weighted by molar-refractivity contribution is -0.129. The van der Waals surface area contributed by atoms with Gasteiger partial charge in [0.25, 0.3) is 0 Å². The molecule has 2 aliphatic heterocycles. The number of nitrogens with zero attached hydrogens (tertiary/aromatic N) is 3. The van der Waals surface area contributed by atoms with Gasteiger partial charge in [-0.3, -0.25) is 14.7 Å². The van der Waals surface area contributed by atoms with Crippen LogP contribution in [0.5, 0.6) is 0 Å². The molecule has 160 valence electrons. The van der Waals surface area contributed by atoms with Gasteiger partial charge in [-0.25, -0.2) is 0 Å². The Labute approximate surface area is 174 Å². The van der Waals surface area contributed by atoms with Gasteiger partial charge in [0.1, 0.15) is 0 Å².